The van der Waals surface area contributed by atoms with Gasteiger partial charge in [-0.3, -0.25) is 10.1 Å². The molecular weight excluding hydrogens is 406 g/mol. The second-order valence-corrected chi connectivity index (χ2v) is 8.03. The molecule has 5 heteroatoms. The summed E-state index contributed by atoms with van der Waals surface area (Å²) in [6.45, 7) is 4.16. The van der Waals surface area contributed by atoms with Gasteiger partial charge in [-0.25, -0.2) is 0 Å². The van der Waals surface area contributed by atoms with Gasteiger partial charge in [-0.1, -0.05) is 61.2 Å². The highest BCUT2D eigenvalue weighted by Crippen LogP contribution is 2.32. The number of benzene rings is 3. The third kappa shape index (κ3) is 3.55. The highest BCUT2D eigenvalue weighted by molar-refractivity contribution is 5.97. The molecule has 0 aliphatic rings. The number of rotatable bonds is 5. The fourth-order valence-corrected chi connectivity index (χ4v) is 4.15. The number of hydrogen-bond acceptors (Lipinski definition) is 3. The van der Waals surface area contributed by atoms with Gasteiger partial charge < -0.3 is 10.3 Å². The quantitative estimate of drug-likeness (QED) is 0.282. The van der Waals surface area contributed by atoms with E-state index in [9.17, 15) is 0 Å². The van der Waals surface area contributed by atoms with Crippen molar-refractivity contribution < 1.29 is 0 Å². The van der Waals surface area contributed by atoms with Gasteiger partial charge in [0.15, 0.2) is 0 Å². The Labute approximate surface area is 190 Å². The largest absolute Gasteiger partial charge is 0.354 e. The minimum Gasteiger partial charge on any atom is -0.354 e. The van der Waals surface area contributed by atoms with Crippen LogP contribution in [0.25, 0.3) is 50.0 Å². The molecule has 0 atom stereocenters. The van der Waals surface area contributed by atoms with E-state index < -0.39 is 0 Å². The first kappa shape index (κ1) is 19.1. The van der Waals surface area contributed by atoms with Gasteiger partial charge in [0.25, 0.3) is 0 Å². The smallest absolute Gasteiger partial charge is 0.116 e. The van der Waals surface area contributed by atoms with Crippen LogP contribution in [-0.2, 0) is 0 Å². The van der Waals surface area contributed by atoms with Gasteiger partial charge in [0.05, 0.1) is 23.1 Å². The van der Waals surface area contributed by atoms with Crippen molar-refractivity contribution in [2.45, 2.75) is 0 Å². The fourth-order valence-electron chi connectivity index (χ4n) is 4.15. The first-order chi connectivity index (χ1) is 16.2. The Balaban J connectivity index is 1.36. The number of nitrogens with one attached hydrogen (secondary N) is 3. The molecule has 33 heavy (non-hydrogen) atoms. The van der Waals surface area contributed by atoms with Gasteiger partial charge in [-0.2, -0.15) is 5.10 Å². The number of para-hydroxylation sites is 1. The van der Waals surface area contributed by atoms with Crippen molar-refractivity contribution in [2.24, 2.45) is 0 Å². The number of aromatic nitrogens is 4. The summed E-state index contributed by atoms with van der Waals surface area (Å²) >= 11 is 0. The Morgan fingerprint density at radius 3 is 2.52 bits per heavy atom. The Hall–Kier alpha value is -4.64. The van der Waals surface area contributed by atoms with Crippen LogP contribution in [0.5, 0.6) is 0 Å². The summed E-state index contributed by atoms with van der Waals surface area (Å²) in [6, 6.07) is 28.8. The Kier molecular flexibility index (Phi) is 4.51. The maximum absolute atomic E-state index is 4.59. The molecular formula is C28H21N5. The molecule has 0 aliphatic carbocycles. The molecule has 0 amide bonds. The van der Waals surface area contributed by atoms with E-state index in [1.807, 2.05) is 54.9 Å². The van der Waals surface area contributed by atoms with Crippen LogP contribution < -0.4 is 5.32 Å². The van der Waals surface area contributed by atoms with Gasteiger partial charge in [0, 0.05) is 33.7 Å². The second-order valence-electron chi connectivity index (χ2n) is 8.03. The summed E-state index contributed by atoms with van der Waals surface area (Å²) in [5.41, 5.74) is 8.86. The number of fused-ring (bicyclic) bond motifs is 2. The zero-order valence-corrected chi connectivity index (χ0v) is 17.8. The van der Waals surface area contributed by atoms with E-state index in [4.69, 9.17) is 0 Å². The molecule has 0 spiro atoms. The van der Waals surface area contributed by atoms with Crippen LogP contribution in [0.15, 0.2) is 104 Å². The van der Waals surface area contributed by atoms with E-state index in [1.165, 1.54) is 5.39 Å². The SMILES string of the molecule is C=C(Nc1cncc(-c2ccc3[nH]nc(-c4cc5ccccc5[nH]4)c3c2)c1)c1ccccc1. The van der Waals surface area contributed by atoms with Crippen LogP contribution >= 0.6 is 0 Å². The molecule has 158 valence electrons. The molecule has 3 aromatic carbocycles. The van der Waals surface area contributed by atoms with Crippen molar-refractivity contribution in [2.75, 3.05) is 5.32 Å². The highest BCUT2D eigenvalue weighted by Gasteiger charge is 2.12. The van der Waals surface area contributed by atoms with Crippen LogP contribution in [-0.4, -0.2) is 20.2 Å². The zero-order chi connectivity index (χ0) is 22.2. The predicted molar refractivity (Wildman–Crippen MR) is 136 cm³/mol. The van der Waals surface area contributed by atoms with Gasteiger partial charge in [0.1, 0.15) is 5.69 Å². The summed E-state index contributed by atoms with van der Waals surface area (Å²) in [6.07, 6.45) is 3.68. The lowest BCUT2D eigenvalue weighted by molar-refractivity contribution is 1.12. The van der Waals surface area contributed by atoms with E-state index in [2.05, 4.69) is 74.5 Å². The predicted octanol–water partition coefficient (Wildman–Crippen LogP) is 6.86. The van der Waals surface area contributed by atoms with Crippen molar-refractivity contribution in [3.05, 3.63) is 109 Å². The zero-order valence-electron chi connectivity index (χ0n) is 17.8. The highest BCUT2D eigenvalue weighted by atomic mass is 15.1. The molecule has 0 saturated heterocycles. The number of anilines is 1. The minimum absolute atomic E-state index is 0.834. The Bertz CT molecular complexity index is 1570. The van der Waals surface area contributed by atoms with Gasteiger partial charge in [0.2, 0.25) is 0 Å². The van der Waals surface area contributed by atoms with E-state index in [0.717, 1.165) is 55.9 Å². The summed E-state index contributed by atoms with van der Waals surface area (Å²) in [7, 11) is 0. The third-order valence-corrected chi connectivity index (χ3v) is 5.84. The van der Waals surface area contributed by atoms with E-state index in [1.54, 1.807) is 0 Å². The van der Waals surface area contributed by atoms with Crippen LogP contribution in [0.2, 0.25) is 0 Å². The molecule has 0 unspecified atom stereocenters. The molecule has 5 nitrogen and oxygen atoms in total. The number of pyridine rings is 1. The van der Waals surface area contributed by atoms with Gasteiger partial charge >= 0.3 is 0 Å². The standard InChI is InChI=1S/C28H21N5/c1-18(19-7-3-2-4-8-19)30-23-13-22(16-29-17-23)20-11-12-26-24(14-20)28(33-32-26)27-15-21-9-5-6-10-25(21)31-27/h2-17,30-31H,1H2,(H,32,33). The molecule has 0 saturated carbocycles. The monoisotopic (exact) mass is 427 g/mol. The van der Waals surface area contributed by atoms with E-state index in [-0.39, 0.29) is 0 Å². The van der Waals surface area contributed by atoms with Crippen molar-refractivity contribution in [1.29, 1.82) is 0 Å². The van der Waals surface area contributed by atoms with Crippen LogP contribution in [0, 0.1) is 0 Å². The van der Waals surface area contributed by atoms with Gasteiger partial charge in [-0.15, -0.1) is 0 Å². The fraction of sp³-hybridized carbons (Fsp3) is 0. The van der Waals surface area contributed by atoms with Crippen LogP contribution in [0.1, 0.15) is 5.56 Å². The van der Waals surface area contributed by atoms with Gasteiger partial charge in [-0.05, 0) is 41.5 Å². The Morgan fingerprint density at radius 1 is 0.788 bits per heavy atom. The second kappa shape index (κ2) is 7.80. The van der Waals surface area contributed by atoms with Crippen molar-refractivity contribution in [3.8, 4) is 22.5 Å². The maximum Gasteiger partial charge on any atom is 0.116 e. The average Bonchev–Trinajstić information content (AvgIpc) is 3.48. The summed E-state index contributed by atoms with van der Waals surface area (Å²) in [5, 5.41) is 13.3. The molecule has 3 N–H and O–H groups in total. The normalized spacial score (nSPS) is 11.2. The molecule has 3 aromatic heterocycles. The van der Waals surface area contributed by atoms with Crippen molar-refractivity contribution in [3.63, 3.8) is 0 Å². The molecule has 0 fully saturated rings. The average molecular weight is 428 g/mol. The molecule has 6 rings (SSSR count). The Morgan fingerprint density at radius 2 is 1.64 bits per heavy atom. The minimum atomic E-state index is 0.834. The van der Waals surface area contributed by atoms with Crippen LogP contribution in [0.4, 0.5) is 5.69 Å². The molecule has 0 bridgehead atoms. The van der Waals surface area contributed by atoms with Crippen molar-refractivity contribution in [1.82, 2.24) is 20.2 Å². The third-order valence-electron chi connectivity index (χ3n) is 5.84. The molecule has 0 aliphatic heterocycles. The summed E-state index contributed by atoms with van der Waals surface area (Å²) in [4.78, 5) is 7.93. The first-order valence-electron chi connectivity index (χ1n) is 10.8. The first-order valence-corrected chi connectivity index (χ1v) is 10.8. The van der Waals surface area contributed by atoms with E-state index >= 15 is 0 Å². The lowest BCUT2D eigenvalue weighted by atomic mass is 10.0. The lowest BCUT2D eigenvalue weighted by Gasteiger charge is -2.11. The van der Waals surface area contributed by atoms with Crippen LogP contribution in [0.3, 0.4) is 0 Å². The maximum atomic E-state index is 4.59. The molecule has 3 heterocycles. The number of hydrogen-bond donors (Lipinski definition) is 3. The summed E-state index contributed by atoms with van der Waals surface area (Å²) < 4.78 is 0. The van der Waals surface area contributed by atoms with Crippen molar-refractivity contribution >= 4 is 33.2 Å². The molecule has 6 aromatic rings. The number of nitrogens with zero attached hydrogens (tertiary/aromatic N) is 2. The van der Waals surface area contributed by atoms with E-state index in [0.29, 0.717) is 0 Å². The molecule has 0 radical (unpaired) electrons. The summed E-state index contributed by atoms with van der Waals surface area (Å²) in [5.74, 6) is 0. The number of aromatic amines is 2. The lowest BCUT2D eigenvalue weighted by Crippen LogP contribution is -1.98. The topological polar surface area (TPSA) is 69.4 Å². The number of H-pyrrole nitrogens is 2.